The van der Waals surface area contributed by atoms with E-state index in [1.165, 1.54) is 5.56 Å². The van der Waals surface area contributed by atoms with Crippen molar-refractivity contribution in [2.75, 3.05) is 6.61 Å². The molecule has 2 atom stereocenters. The Hall–Kier alpha value is -1.39. The monoisotopic (exact) mass is 261 g/mol. The van der Waals surface area contributed by atoms with Crippen LogP contribution < -0.4 is 0 Å². The Balaban J connectivity index is 1.79. The Kier molecular flexibility index (Phi) is 3.29. The first-order chi connectivity index (χ1) is 9.15. The average Bonchev–Trinajstić information content (AvgIpc) is 3.06. The molecule has 1 aromatic carbocycles. The largest absolute Gasteiger partial charge is 0.386 e. The van der Waals surface area contributed by atoms with Gasteiger partial charge in [-0.05, 0) is 29.5 Å². The topological polar surface area (TPSA) is 49.8 Å². The highest BCUT2D eigenvalue weighted by molar-refractivity contribution is 5.74. The van der Waals surface area contributed by atoms with Gasteiger partial charge < -0.3 is 14.7 Å². The summed E-state index contributed by atoms with van der Waals surface area (Å²) in [5, 5.41) is 10.3. The van der Waals surface area contributed by atoms with Crippen molar-refractivity contribution in [2.45, 2.75) is 45.1 Å². The van der Waals surface area contributed by atoms with Gasteiger partial charge in [-0.2, -0.15) is 0 Å². The minimum atomic E-state index is -0.556. The third kappa shape index (κ3) is 2.38. The van der Waals surface area contributed by atoms with Crippen molar-refractivity contribution >= 4 is 5.91 Å². The van der Waals surface area contributed by atoms with Gasteiger partial charge in [-0.3, -0.25) is 4.79 Å². The molecule has 4 heteroatoms. The van der Waals surface area contributed by atoms with E-state index in [0.29, 0.717) is 13.1 Å². The fourth-order valence-corrected chi connectivity index (χ4v) is 2.89. The summed E-state index contributed by atoms with van der Waals surface area (Å²) >= 11 is 0. The lowest BCUT2D eigenvalue weighted by Gasteiger charge is -2.18. The number of fused-ring (bicyclic) bond motifs is 1. The van der Waals surface area contributed by atoms with Crippen LogP contribution in [0.5, 0.6) is 0 Å². The molecule has 102 valence electrons. The van der Waals surface area contributed by atoms with Crippen molar-refractivity contribution in [3.63, 3.8) is 0 Å². The number of carbonyl (C=O) groups is 1. The van der Waals surface area contributed by atoms with Crippen molar-refractivity contribution in [1.29, 1.82) is 0 Å². The molecule has 3 rings (SSSR count). The van der Waals surface area contributed by atoms with E-state index in [1.54, 1.807) is 6.92 Å². The molecule has 2 heterocycles. The summed E-state index contributed by atoms with van der Waals surface area (Å²) in [5.74, 6) is 0.0948. The predicted molar refractivity (Wildman–Crippen MR) is 70.3 cm³/mol. The lowest BCUT2D eigenvalue weighted by Crippen LogP contribution is -2.21. The lowest BCUT2D eigenvalue weighted by molar-refractivity contribution is -0.129. The standard InChI is InChI=1S/C15H19NO3/c1-10(17)16-8-12-5-4-11(7-13(12)9-16)15(18)14-3-2-6-19-14/h4-5,7,14-15,18H,2-3,6,8-9H2,1H3. The second-order valence-electron chi connectivity index (χ2n) is 5.40. The molecule has 1 aromatic rings. The number of aliphatic hydroxyl groups is 1. The van der Waals surface area contributed by atoms with E-state index < -0.39 is 6.10 Å². The molecule has 0 saturated carbocycles. The van der Waals surface area contributed by atoms with Crippen LogP contribution in [0.15, 0.2) is 18.2 Å². The van der Waals surface area contributed by atoms with Crippen molar-refractivity contribution in [3.8, 4) is 0 Å². The minimum absolute atomic E-state index is 0.0802. The highest BCUT2D eigenvalue weighted by atomic mass is 16.5. The zero-order valence-electron chi connectivity index (χ0n) is 11.1. The lowest BCUT2D eigenvalue weighted by atomic mass is 9.98. The fourth-order valence-electron chi connectivity index (χ4n) is 2.89. The number of amides is 1. The van der Waals surface area contributed by atoms with Gasteiger partial charge in [0.25, 0.3) is 0 Å². The first-order valence-corrected chi connectivity index (χ1v) is 6.82. The second kappa shape index (κ2) is 4.94. The van der Waals surface area contributed by atoms with Gasteiger partial charge in [0.2, 0.25) is 5.91 Å². The van der Waals surface area contributed by atoms with Gasteiger partial charge in [-0.1, -0.05) is 18.2 Å². The summed E-state index contributed by atoms with van der Waals surface area (Å²) in [6.07, 6.45) is 1.30. The van der Waals surface area contributed by atoms with Crippen molar-refractivity contribution in [1.82, 2.24) is 4.90 Å². The summed E-state index contributed by atoms with van der Waals surface area (Å²) in [7, 11) is 0. The zero-order valence-corrected chi connectivity index (χ0v) is 11.1. The molecule has 0 spiro atoms. The average molecular weight is 261 g/mol. The molecule has 0 aromatic heterocycles. The molecule has 1 N–H and O–H groups in total. The number of ether oxygens (including phenoxy) is 1. The maximum atomic E-state index is 11.4. The first-order valence-electron chi connectivity index (χ1n) is 6.82. The molecule has 2 aliphatic heterocycles. The molecule has 0 bridgehead atoms. The Labute approximate surface area is 113 Å². The highest BCUT2D eigenvalue weighted by Crippen LogP contribution is 2.30. The van der Waals surface area contributed by atoms with E-state index in [4.69, 9.17) is 4.74 Å². The van der Waals surface area contributed by atoms with Crippen LogP contribution in [0.25, 0.3) is 0 Å². The third-order valence-corrected chi connectivity index (χ3v) is 4.06. The molecule has 2 unspecified atom stereocenters. The summed E-state index contributed by atoms with van der Waals surface area (Å²) in [4.78, 5) is 13.2. The number of hydrogen-bond donors (Lipinski definition) is 1. The highest BCUT2D eigenvalue weighted by Gasteiger charge is 2.27. The molecular formula is C15H19NO3. The maximum Gasteiger partial charge on any atom is 0.220 e. The summed E-state index contributed by atoms with van der Waals surface area (Å²) < 4.78 is 5.53. The van der Waals surface area contributed by atoms with E-state index >= 15 is 0 Å². The van der Waals surface area contributed by atoms with Crippen LogP contribution >= 0.6 is 0 Å². The van der Waals surface area contributed by atoms with Gasteiger partial charge in [0.1, 0.15) is 6.10 Å². The zero-order chi connectivity index (χ0) is 13.4. The summed E-state index contributed by atoms with van der Waals surface area (Å²) in [6, 6.07) is 5.99. The molecule has 19 heavy (non-hydrogen) atoms. The molecule has 0 radical (unpaired) electrons. The normalized spacial score (nSPS) is 23.5. The number of benzene rings is 1. The van der Waals surface area contributed by atoms with Gasteiger partial charge in [0.05, 0.1) is 6.10 Å². The maximum absolute atomic E-state index is 11.4. The first kappa shape index (κ1) is 12.6. The minimum Gasteiger partial charge on any atom is -0.386 e. The van der Waals surface area contributed by atoms with Crippen LogP contribution in [-0.4, -0.2) is 28.6 Å². The van der Waals surface area contributed by atoms with E-state index in [1.807, 2.05) is 23.1 Å². The van der Waals surface area contributed by atoms with Crippen LogP contribution in [0.1, 0.15) is 42.6 Å². The van der Waals surface area contributed by atoms with E-state index in [2.05, 4.69) is 0 Å². The van der Waals surface area contributed by atoms with Gasteiger partial charge >= 0.3 is 0 Å². The Bertz CT molecular complexity index is 494. The summed E-state index contributed by atoms with van der Waals surface area (Å²) in [6.45, 7) is 3.66. The molecule has 0 aliphatic carbocycles. The summed E-state index contributed by atoms with van der Waals surface area (Å²) in [5.41, 5.74) is 3.22. The van der Waals surface area contributed by atoms with E-state index in [9.17, 15) is 9.90 Å². The number of nitrogens with zero attached hydrogens (tertiary/aromatic N) is 1. The predicted octanol–water partition coefficient (Wildman–Crippen LogP) is 1.76. The molecule has 4 nitrogen and oxygen atoms in total. The fraction of sp³-hybridized carbons (Fsp3) is 0.533. The van der Waals surface area contributed by atoms with Crippen LogP contribution in [0.2, 0.25) is 0 Å². The SMILES string of the molecule is CC(=O)N1Cc2ccc(C(O)C3CCCO3)cc2C1. The van der Waals surface area contributed by atoms with Crippen LogP contribution in [0, 0.1) is 0 Å². The van der Waals surface area contributed by atoms with Gasteiger partial charge in [-0.25, -0.2) is 0 Å². The number of rotatable bonds is 2. The van der Waals surface area contributed by atoms with Crippen LogP contribution in [-0.2, 0) is 22.6 Å². The molecule has 1 saturated heterocycles. The van der Waals surface area contributed by atoms with Crippen LogP contribution in [0.4, 0.5) is 0 Å². The van der Waals surface area contributed by atoms with Crippen LogP contribution in [0.3, 0.4) is 0 Å². The Morgan fingerprint density at radius 2 is 2.21 bits per heavy atom. The van der Waals surface area contributed by atoms with Gasteiger partial charge in [0, 0.05) is 26.6 Å². The Morgan fingerprint density at radius 3 is 2.89 bits per heavy atom. The van der Waals surface area contributed by atoms with Crippen molar-refractivity contribution < 1.29 is 14.6 Å². The van der Waals surface area contributed by atoms with Gasteiger partial charge in [-0.15, -0.1) is 0 Å². The Morgan fingerprint density at radius 1 is 1.42 bits per heavy atom. The van der Waals surface area contributed by atoms with Crippen molar-refractivity contribution in [3.05, 3.63) is 34.9 Å². The van der Waals surface area contributed by atoms with E-state index in [-0.39, 0.29) is 12.0 Å². The third-order valence-electron chi connectivity index (χ3n) is 4.06. The second-order valence-corrected chi connectivity index (χ2v) is 5.40. The quantitative estimate of drug-likeness (QED) is 0.882. The number of aliphatic hydroxyl groups excluding tert-OH is 1. The van der Waals surface area contributed by atoms with Crippen molar-refractivity contribution in [2.24, 2.45) is 0 Å². The van der Waals surface area contributed by atoms with Gasteiger partial charge in [0.15, 0.2) is 0 Å². The number of hydrogen-bond acceptors (Lipinski definition) is 3. The number of carbonyl (C=O) groups excluding carboxylic acids is 1. The van der Waals surface area contributed by atoms with E-state index in [0.717, 1.165) is 30.6 Å². The molecule has 1 fully saturated rings. The molecular weight excluding hydrogens is 242 g/mol. The molecule has 1 amide bonds. The smallest absolute Gasteiger partial charge is 0.220 e. The molecule has 2 aliphatic rings.